The molecule has 0 radical (unpaired) electrons. The first-order valence-corrected chi connectivity index (χ1v) is 18.7. The summed E-state index contributed by atoms with van der Waals surface area (Å²) in [6, 6.07) is 3.80. The van der Waals surface area contributed by atoms with E-state index in [1.165, 1.54) is 31.4 Å². The molecule has 19 nitrogen and oxygen atoms in total. The molecular formula is C38H46N2O17. The third-order valence-electron chi connectivity index (χ3n) is 12.0. The molecule has 0 bridgehead atoms. The van der Waals surface area contributed by atoms with Crippen molar-refractivity contribution in [1.82, 2.24) is 0 Å². The van der Waals surface area contributed by atoms with Crippen LogP contribution in [0, 0.1) is 48.8 Å². The number of Topliss-reactive ketones (excluding diaryl/α,β-unsaturated/α-hetero) is 1. The summed E-state index contributed by atoms with van der Waals surface area (Å²) in [7, 11) is 1.26. The lowest BCUT2D eigenvalue weighted by molar-refractivity contribution is -0.757. The number of allylic oxidation sites excluding steroid dienone is 4. The van der Waals surface area contributed by atoms with E-state index in [1.807, 2.05) is 13.0 Å². The number of carbonyl (C=O) groups excluding carboxylic acids is 5. The topological polar surface area (TPSA) is 256 Å². The molecule has 7 atom stereocenters. The lowest BCUT2D eigenvalue weighted by Crippen LogP contribution is -2.63. The highest BCUT2D eigenvalue weighted by Gasteiger charge is 2.70. The molecule has 0 amide bonds. The zero-order valence-electron chi connectivity index (χ0n) is 31.8. The fraction of sp³-hybridized carbons (Fsp3) is 0.605. The molecule has 4 aliphatic carbocycles. The number of rotatable bonds is 18. The molecule has 0 unspecified atom stereocenters. The number of methoxy groups -OCH3 is 1. The Morgan fingerprint density at radius 3 is 2.35 bits per heavy atom. The smallest absolute Gasteiger partial charge is 0.493 e. The molecule has 0 aliphatic heterocycles. The maximum atomic E-state index is 14.4. The fourth-order valence-electron chi connectivity index (χ4n) is 9.43. The highest BCUT2D eigenvalue weighted by atomic mass is 17.0. The Hall–Kier alpha value is -5.59. The van der Waals surface area contributed by atoms with Crippen molar-refractivity contribution < 1.29 is 72.6 Å². The second kappa shape index (κ2) is 17.7. The summed E-state index contributed by atoms with van der Waals surface area (Å²) >= 11 is 0. The minimum atomic E-state index is -1.85. The number of esters is 2. The van der Waals surface area contributed by atoms with Crippen molar-refractivity contribution in [2.24, 2.45) is 28.6 Å². The van der Waals surface area contributed by atoms with E-state index in [9.17, 15) is 49.3 Å². The Kier molecular flexibility index (Phi) is 13.2. The van der Waals surface area contributed by atoms with E-state index in [4.69, 9.17) is 23.7 Å². The van der Waals surface area contributed by atoms with Crippen molar-refractivity contribution in [3.8, 4) is 11.5 Å². The van der Waals surface area contributed by atoms with Crippen LogP contribution in [0.4, 0.5) is 4.79 Å². The van der Waals surface area contributed by atoms with E-state index < -0.39 is 63.2 Å². The van der Waals surface area contributed by atoms with Crippen LogP contribution >= 0.6 is 0 Å². The first-order chi connectivity index (χ1) is 27.0. The van der Waals surface area contributed by atoms with E-state index >= 15 is 0 Å². The van der Waals surface area contributed by atoms with Gasteiger partial charge >= 0.3 is 18.1 Å². The van der Waals surface area contributed by atoms with Gasteiger partial charge in [-0.05, 0) is 93.6 Å². The van der Waals surface area contributed by atoms with Crippen LogP contribution in [0.1, 0.15) is 82.0 Å². The predicted octanol–water partition coefficient (Wildman–Crippen LogP) is 4.47. The Labute approximate surface area is 326 Å². The summed E-state index contributed by atoms with van der Waals surface area (Å²) in [4.78, 5) is 94.8. The molecule has 0 saturated heterocycles. The number of benzene rings is 1. The average molecular weight is 803 g/mol. The van der Waals surface area contributed by atoms with E-state index in [1.54, 1.807) is 13.0 Å². The summed E-state index contributed by atoms with van der Waals surface area (Å²) in [6.45, 7) is 2.36. The highest BCUT2D eigenvalue weighted by molar-refractivity contribution is 6.01. The second-order valence-corrected chi connectivity index (χ2v) is 15.0. The molecule has 0 aromatic heterocycles. The van der Waals surface area contributed by atoms with Crippen LogP contribution in [0.15, 0.2) is 42.0 Å². The second-order valence-electron chi connectivity index (χ2n) is 15.0. The van der Waals surface area contributed by atoms with Crippen molar-refractivity contribution in [3.05, 3.63) is 67.8 Å². The normalized spacial score (nSPS) is 28.4. The minimum Gasteiger partial charge on any atom is -0.493 e. The third-order valence-corrected chi connectivity index (χ3v) is 12.0. The van der Waals surface area contributed by atoms with Gasteiger partial charge in [-0.15, -0.1) is 20.2 Å². The zero-order chi connectivity index (χ0) is 41.5. The van der Waals surface area contributed by atoms with Crippen molar-refractivity contribution in [2.75, 3.05) is 33.5 Å². The zero-order valence-corrected chi connectivity index (χ0v) is 31.8. The summed E-state index contributed by atoms with van der Waals surface area (Å²) in [5, 5.41) is 30.8. The largest absolute Gasteiger partial charge is 0.514 e. The molecule has 1 aromatic rings. The summed E-state index contributed by atoms with van der Waals surface area (Å²) < 4.78 is 27.1. The number of ether oxygens (including phenoxy) is 5. The van der Waals surface area contributed by atoms with Crippen LogP contribution in [0.2, 0.25) is 0 Å². The van der Waals surface area contributed by atoms with Gasteiger partial charge in [0.25, 0.3) is 10.2 Å². The van der Waals surface area contributed by atoms with Gasteiger partial charge in [0.2, 0.25) is 5.78 Å². The Balaban J connectivity index is 1.29. The molecule has 57 heavy (non-hydrogen) atoms. The Morgan fingerprint density at radius 2 is 1.65 bits per heavy atom. The third kappa shape index (κ3) is 9.03. The summed E-state index contributed by atoms with van der Waals surface area (Å²) in [5.41, 5.74) is -2.57. The van der Waals surface area contributed by atoms with Gasteiger partial charge in [-0.25, -0.2) is 9.59 Å². The predicted molar refractivity (Wildman–Crippen MR) is 191 cm³/mol. The van der Waals surface area contributed by atoms with E-state index in [2.05, 4.69) is 9.68 Å². The molecule has 3 fully saturated rings. The molecule has 0 heterocycles. The van der Waals surface area contributed by atoms with Crippen molar-refractivity contribution in [1.29, 1.82) is 0 Å². The van der Waals surface area contributed by atoms with Gasteiger partial charge in [-0.3, -0.25) is 14.4 Å². The van der Waals surface area contributed by atoms with Crippen LogP contribution in [0.5, 0.6) is 11.5 Å². The number of unbranched alkanes of at least 4 members (excludes halogenated alkanes) is 1. The standard InChI is InChI=1S/C38H46N2O17/c1-36-14-12-25(41)20-24(36)9-10-26-27-13-15-38(37(27,2)21-28(42)33(26)36,57-32(44)7-6-18-55-40(49)50)31(43)22-53-35(46)56-29-11-8-23(19-30(29)51-3)34(45)52-16-4-5-17-54-39(47)48/h8,11-12,14,19-20,26-28,33,42H,4-7,9-10,13,15-18,21-22H2,1-3H3/t26-,27-,28-,33+,36-,37-,38-/m0/s1. The molecule has 5 rings (SSSR count). The summed E-state index contributed by atoms with van der Waals surface area (Å²) in [5.74, 6) is -3.23. The average Bonchev–Trinajstić information content (AvgIpc) is 3.45. The van der Waals surface area contributed by atoms with Gasteiger partial charge < -0.3 is 38.5 Å². The lowest BCUT2D eigenvalue weighted by Gasteiger charge is -2.59. The Bertz CT molecular complexity index is 1830. The van der Waals surface area contributed by atoms with Gasteiger partial charge in [0.05, 0.1) is 38.6 Å². The van der Waals surface area contributed by atoms with E-state index in [-0.39, 0.29) is 92.5 Å². The van der Waals surface area contributed by atoms with Gasteiger partial charge in [-0.2, -0.15) is 0 Å². The van der Waals surface area contributed by atoms with Crippen molar-refractivity contribution in [3.63, 3.8) is 0 Å². The molecule has 1 aromatic carbocycles. The van der Waals surface area contributed by atoms with Crippen molar-refractivity contribution >= 4 is 29.7 Å². The van der Waals surface area contributed by atoms with E-state index in [0.29, 0.717) is 25.7 Å². The number of nitrogens with zero attached hydrogens (tertiary/aromatic N) is 2. The molecule has 19 heteroatoms. The fourth-order valence-corrected chi connectivity index (χ4v) is 9.43. The molecule has 1 N–H and O–H groups in total. The number of ketones is 2. The molecule has 310 valence electrons. The quantitative estimate of drug-likeness (QED) is 0.0536. The SMILES string of the molecule is COc1cc(C(=O)OCCCCO[N+](=O)[O-])ccc1OC(=O)OCC(=O)[C@@]1(OC(=O)CCCO[N+](=O)[O-])CC[C@H]2[C@@H]3CCC4=CC(=O)C=C[C@]4(C)[C@H]3[C@@H](O)C[C@@]21C. The van der Waals surface area contributed by atoms with Gasteiger partial charge in [0, 0.05) is 23.2 Å². The number of hydrogen-bond donors (Lipinski definition) is 1. The van der Waals surface area contributed by atoms with E-state index in [0.717, 1.165) is 5.57 Å². The number of aliphatic hydroxyl groups is 1. The molecule has 4 aliphatic rings. The first-order valence-electron chi connectivity index (χ1n) is 18.7. The number of hydrogen-bond acceptors (Lipinski definition) is 17. The van der Waals surface area contributed by atoms with Crippen molar-refractivity contribution in [2.45, 2.75) is 83.3 Å². The lowest BCUT2D eigenvalue weighted by atomic mass is 9.46. The Morgan fingerprint density at radius 1 is 0.947 bits per heavy atom. The number of aliphatic hydroxyl groups excluding tert-OH is 1. The van der Waals surface area contributed by atoms with Gasteiger partial charge in [-0.1, -0.05) is 25.5 Å². The van der Waals surface area contributed by atoms with Crippen LogP contribution in [-0.4, -0.2) is 90.2 Å². The summed E-state index contributed by atoms with van der Waals surface area (Å²) in [6.07, 6.45) is 4.72. The van der Waals surface area contributed by atoms with Crippen LogP contribution in [0.25, 0.3) is 0 Å². The van der Waals surface area contributed by atoms with Crippen LogP contribution in [-0.2, 0) is 38.3 Å². The first kappa shape index (κ1) is 42.6. The maximum Gasteiger partial charge on any atom is 0.514 e. The van der Waals surface area contributed by atoms with Gasteiger partial charge in [0.1, 0.15) is 0 Å². The van der Waals surface area contributed by atoms with Gasteiger partial charge in [0.15, 0.2) is 29.5 Å². The highest BCUT2D eigenvalue weighted by Crippen LogP contribution is 2.68. The maximum absolute atomic E-state index is 14.4. The number of carbonyl (C=O) groups is 5. The number of fused-ring (bicyclic) bond motifs is 5. The minimum absolute atomic E-state index is 0.0369. The molecular weight excluding hydrogens is 756 g/mol. The molecule has 3 saturated carbocycles. The van der Waals surface area contributed by atoms with Crippen LogP contribution < -0.4 is 9.47 Å². The van der Waals surface area contributed by atoms with Crippen LogP contribution in [0.3, 0.4) is 0 Å². The molecule has 0 spiro atoms. The monoisotopic (exact) mass is 802 g/mol.